The molecule has 0 aliphatic rings. The number of hydrogen-bond acceptors (Lipinski definition) is 1. The van der Waals surface area contributed by atoms with E-state index in [2.05, 4.69) is 73.9 Å². The Morgan fingerprint density at radius 2 is 1.75 bits per heavy atom. The lowest BCUT2D eigenvalue weighted by Gasteiger charge is -2.13. The van der Waals surface area contributed by atoms with Crippen molar-refractivity contribution in [1.29, 1.82) is 0 Å². The maximum atomic E-state index is 5.35. The van der Waals surface area contributed by atoms with Crippen molar-refractivity contribution in [3.8, 4) is 0 Å². The van der Waals surface area contributed by atoms with Gasteiger partial charge in [0.2, 0.25) is 0 Å². The van der Waals surface area contributed by atoms with E-state index in [1.807, 2.05) is 0 Å². The molecule has 2 N–H and O–H groups in total. The first-order valence-corrected chi connectivity index (χ1v) is 7.13. The van der Waals surface area contributed by atoms with E-state index in [1.165, 1.54) is 22.3 Å². The minimum Gasteiger partial charge on any atom is -0.358 e. The molecule has 2 nitrogen and oxygen atoms in total. The summed E-state index contributed by atoms with van der Waals surface area (Å²) in [5.74, 6) is 0. The number of thiocarbonyl (C=S) groups is 1. The molecule has 2 aromatic rings. The molecule has 0 unspecified atom stereocenters. The molecule has 0 aromatic heterocycles. The molecule has 0 saturated heterocycles. The van der Waals surface area contributed by atoms with Gasteiger partial charge < -0.3 is 10.6 Å². The Bertz CT molecular complexity index is 620. The molecule has 0 radical (unpaired) electrons. The third-order valence-corrected chi connectivity index (χ3v) is 3.42. The second-order valence-corrected chi connectivity index (χ2v) is 5.52. The first-order valence-electron chi connectivity index (χ1n) is 6.72. The average molecular weight is 284 g/mol. The molecular formula is C17H20N2S. The Morgan fingerprint density at radius 1 is 1.00 bits per heavy atom. The van der Waals surface area contributed by atoms with Gasteiger partial charge in [-0.05, 0) is 55.7 Å². The Balaban J connectivity index is 1.94. The summed E-state index contributed by atoms with van der Waals surface area (Å²) in [6.07, 6.45) is 0. The maximum absolute atomic E-state index is 5.35. The summed E-state index contributed by atoms with van der Waals surface area (Å²) in [5, 5.41) is 7.15. The summed E-state index contributed by atoms with van der Waals surface area (Å²) in [6, 6.07) is 14.7. The fourth-order valence-electron chi connectivity index (χ4n) is 2.04. The first-order chi connectivity index (χ1) is 9.54. The van der Waals surface area contributed by atoms with Crippen LogP contribution in [0.3, 0.4) is 0 Å². The number of nitrogens with one attached hydrogen (secondary N) is 2. The van der Waals surface area contributed by atoms with Crippen LogP contribution in [0.15, 0.2) is 42.5 Å². The van der Waals surface area contributed by atoms with E-state index < -0.39 is 0 Å². The molecule has 0 fully saturated rings. The van der Waals surface area contributed by atoms with Crippen LogP contribution in [0, 0.1) is 20.8 Å². The van der Waals surface area contributed by atoms with Crippen LogP contribution in [0.2, 0.25) is 0 Å². The zero-order valence-electron chi connectivity index (χ0n) is 12.2. The molecule has 0 aliphatic heterocycles. The van der Waals surface area contributed by atoms with Crippen molar-refractivity contribution < 1.29 is 0 Å². The average Bonchev–Trinajstić information content (AvgIpc) is 2.41. The molecule has 104 valence electrons. The van der Waals surface area contributed by atoms with Gasteiger partial charge in [0.15, 0.2) is 5.11 Å². The highest BCUT2D eigenvalue weighted by atomic mass is 32.1. The standard InChI is InChI=1S/C17H20N2S/c1-12-5-4-6-15(9-12)11-18-17(20)19-16-10-13(2)7-8-14(16)3/h4-10H,11H2,1-3H3,(H2,18,19,20). The van der Waals surface area contributed by atoms with Crippen LogP contribution in [-0.4, -0.2) is 5.11 Å². The highest BCUT2D eigenvalue weighted by Crippen LogP contribution is 2.16. The number of benzene rings is 2. The molecule has 3 heteroatoms. The lowest BCUT2D eigenvalue weighted by atomic mass is 10.1. The summed E-state index contributed by atoms with van der Waals surface area (Å²) in [4.78, 5) is 0. The Morgan fingerprint density at radius 3 is 2.50 bits per heavy atom. The highest BCUT2D eigenvalue weighted by Gasteiger charge is 2.02. The SMILES string of the molecule is Cc1cccc(CNC(=S)Nc2cc(C)ccc2C)c1. The molecule has 0 heterocycles. The molecule has 0 atom stereocenters. The number of hydrogen-bond donors (Lipinski definition) is 2. The Labute approximate surface area is 126 Å². The second kappa shape index (κ2) is 6.53. The number of anilines is 1. The van der Waals surface area contributed by atoms with E-state index in [0.717, 1.165) is 12.2 Å². The lowest BCUT2D eigenvalue weighted by molar-refractivity contribution is 0.923. The third-order valence-electron chi connectivity index (χ3n) is 3.18. The molecule has 0 spiro atoms. The van der Waals surface area contributed by atoms with Crippen molar-refractivity contribution in [2.75, 3.05) is 5.32 Å². The molecule has 0 aliphatic carbocycles. The fourth-order valence-corrected chi connectivity index (χ4v) is 2.22. The van der Waals surface area contributed by atoms with Gasteiger partial charge in [-0.1, -0.05) is 42.0 Å². The predicted molar refractivity (Wildman–Crippen MR) is 90.2 cm³/mol. The summed E-state index contributed by atoms with van der Waals surface area (Å²) >= 11 is 5.35. The van der Waals surface area contributed by atoms with Crippen molar-refractivity contribution in [3.63, 3.8) is 0 Å². The number of rotatable bonds is 3. The van der Waals surface area contributed by atoms with Crippen molar-refractivity contribution >= 4 is 23.0 Å². The van der Waals surface area contributed by atoms with E-state index >= 15 is 0 Å². The summed E-state index contributed by atoms with van der Waals surface area (Å²) < 4.78 is 0. The van der Waals surface area contributed by atoms with Crippen LogP contribution in [0.1, 0.15) is 22.3 Å². The van der Waals surface area contributed by atoms with Crippen LogP contribution >= 0.6 is 12.2 Å². The van der Waals surface area contributed by atoms with Crippen molar-refractivity contribution in [2.45, 2.75) is 27.3 Å². The highest BCUT2D eigenvalue weighted by molar-refractivity contribution is 7.80. The molecule has 20 heavy (non-hydrogen) atoms. The molecule has 2 aromatic carbocycles. The van der Waals surface area contributed by atoms with Gasteiger partial charge in [-0.25, -0.2) is 0 Å². The molecular weight excluding hydrogens is 264 g/mol. The summed E-state index contributed by atoms with van der Waals surface area (Å²) in [6.45, 7) is 6.98. The summed E-state index contributed by atoms with van der Waals surface area (Å²) in [7, 11) is 0. The van der Waals surface area contributed by atoms with Gasteiger partial charge in [0.1, 0.15) is 0 Å². The van der Waals surface area contributed by atoms with Gasteiger partial charge in [-0.15, -0.1) is 0 Å². The van der Waals surface area contributed by atoms with Crippen LogP contribution in [-0.2, 0) is 6.54 Å². The third kappa shape index (κ3) is 4.07. The van der Waals surface area contributed by atoms with Gasteiger partial charge in [0.25, 0.3) is 0 Å². The normalized spacial score (nSPS) is 10.2. The second-order valence-electron chi connectivity index (χ2n) is 5.12. The van der Waals surface area contributed by atoms with Gasteiger partial charge in [0, 0.05) is 12.2 Å². The monoisotopic (exact) mass is 284 g/mol. The van der Waals surface area contributed by atoms with Gasteiger partial charge in [-0.2, -0.15) is 0 Å². The fraction of sp³-hybridized carbons (Fsp3) is 0.235. The molecule has 2 rings (SSSR count). The van der Waals surface area contributed by atoms with Crippen LogP contribution in [0.25, 0.3) is 0 Å². The topological polar surface area (TPSA) is 24.1 Å². The largest absolute Gasteiger partial charge is 0.358 e. The molecule has 0 saturated carbocycles. The van der Waals surface area contributed by atoms with Crippen molar-refractivity contribution in [3.05, 3.63) is 64.7 Å². The van der Waals surface area contributed by atoms with Crippen molar-refractivity contribution in [2.24, 2.45) is 0 Å². The maximum Gasteiger partial charge on any atom is 0.171 e. The predicted octanol–water partition coefficient (Wildman–Crippen LogP) is 4.10. The number of aryl methyl sites for hydroxylation is 3. The van der Waals surface area contributed by atoms with Crippen LogP contribution < -0.4 is 10.6 Å². The van der Waals surface area contributed by atoms with Gasteiger partial charge in [0.05, 0.1) is 0 Å². The summed E-state index contributed by atoms with van der Waals surface area (Å²) in [5.41, 5.74) is 5.97. The zero-order chi connectivity index (χ0) is 14.5. The zero-order valence-corrected chi connectivity index (χ0v) is 13.0. The van der Waals surface area contributed by atoms with Crippen LogP contribution in [0.4, 0.5) is 5.69 Å². The Hall–Kier alpha value is -1.87. The van der Waals surface area contributed by atoms with E-state index in [4.69, 9.17) is 12.2 Å². The van der Waals surface area contributed by atoms with Crippen LogP contribution in [0.5, 0.6) is 0 Å². The quantitative estimate of drug-likeness (QED) is 0.830. The minimum absolute atomic E-state index is 0.653. The van der Waals surface area contributed by atoms with E-state index in [-0.39, 0.29) is 0 Å². The smallest absolute Gasteiger partial charge is 0.171 e. The Kier molecular flexibility index (Phi) is 4.74. The van der Waals surface area contributed by atoms with E-state index in [1.54, 1.807) is 0 Å². The first kappa shape index (κ1) is 14.5. The van der Waals surface area contributed by atoms with Gasteiger partial charge in [-0.3, -0.25) is 0 Å². The van der Waals surface area contributed by atoms with Crippen molar-refractivity contribution in [1.82, 2.24) is 5.32 Å². The van der Waals surface area contributed by atoms with Gasteiger partial charge >= 0.3 is 0 Å². The molecule has 0 amide bonds. The minimum atomic E-state index is 0.653. The molecule has 0 bridgehead atoms. The van der Waals surface area contributed by atoms with E-state index in [0.29, 0.717) is 5.11 Å². The lowest BCUT2D eigenvalue weighted by Crippen LogP contribution is -2.28. The van der Waals surface area contributed by atoms with E-state index in [9.17, 15) is 0 Å².